The summed E-state index contributed by atoms with van der Waals surface area (Å²) < 4.78 is 24.4. The zero-order chi connectivity index (χ0) is 13.5. The molecule has 0 aromatic heterocycles. The Bertz CT molecular complexity index is 567. The predicted octanol–water partition coefficient (Wildman–Crippen LogP) is 1.24. The zero-order valence-electron chi connectivity index (χ0n) is 11.1. The van der Waals surface area contributed by atoms with Crippen LogP contribution in [0.5, 0.6) is 0 Å². The number of nitrogens with zero attached hydrogens (tertiary/aromatic N) is 1. The molecule has 0 saturated carbocycles. The molecule has 0 bridgehead atoms. The van der Waals surface area contributed by atoms with Crippen molar-refractivity contribution < 1.29 is 8.42 Å². The first-order chi connectivity index (χ1) is 8.36. The van der Waals surface area contributed by atoms with Gasteiger partial charge < -0.3 is 10.6 Å². The average molecular weight is 268 g/mol. The predicted molar refractivity (Wildman–Crippen MR) is 73.8 cm³/mol. The van der Waals surface area contributed by atoms with E-state index in [0.29, 0.717) is 18.0 Å². The lowest BCUT2D eigenvalue weighted by Crippen LogP contribution is -2.45. The van der Waals surface area contributed by atoms with Gasteiger partial charge in [0.2, 0.25) is 0 Å². The lowest BCUT2D eigenvalue weighted by molar-refractivity contribution is 0.578. The molecule has 2 N–H and O–H groups in total. The number of fused-ring (bicyclic) bond motifs is 1. The molecule has 1 unspecified atom stereocenters. The van der Waals surface area contributed by atoms with Crippen LogP contribution in [0.2, 0.25) is 0 Å². The number of sulfone groups is 1. The molecule has 5 heteroatoms. The van der Waals surface area contributed by atoms with E-state index < -0.39 is 9.84 Å². The number of benzene rings is 1. The molecule has 1 heterocycles. The Balaban J connectivity index is 2.66. The maximum absolute atomic E-state index is 12.2. The quantitative estimate of drug-likeness (QED) is 0.876. The van der Waals surface area contributed by atoms with Crippen molar-refractivity contribution in [2.75, 3.05) is 23.7 Å². The monoisotopic (exact) mass is 268 g/mol. The van der Waals surface area contributed by atoms with Gasteiger partial charge in [-0.05, 0) is 38.0 Å². The first-order valence-electron chi connectivity index (χ1n) is 6.17. The van der Waals surface area contributed by atoms with E-state index in [1.807, 2.05) is 26.8 Å². The molecule has 1 aliphatic heterocycles. The molecule has 0 radical (unpaired) electrons. The molecule has 0 spiro atoms. The number of hydrogen-bond acceptors (Lipinski definition) is 4. The molecular formula is C13H20N2O2S. The van der Waals surface area contributed by atoms with Gasteiger partial charge in [-0.25, -0.2) is 8.42 Å². The van der Waals surface area contributed by atoms with Crippen LogP contribution >= 0.6 is 0 Å². The first-order valence-corrected chi connectivity index (χ1v) is 7.82. The van der Waals surface area contributed by atoms with Crippen molar-refractivity contribution in [3.05, 3.63) is 23.3 Å². The summed E-state index contributed by atoms with van der Waals surface area (Å²) in [5.41, 5.74) is 8.55. The summed E-state index contributed by atoms with van der Waals surface area (Å²) in [6.45, 7) is 6.96. The van der Waals surface area contributed by atoms with Crippen molar-refractivity contribution in [2.45, 2.75) is 31.7 Å². The van der Waals surface area contributed by atoms with Crippen molar-refractivity contribution in [3.8, 4) is 0 Å². The lowest BCUT2D eigenvalue weighted by Gasteiger charge is -2.36. The Morgan fingerprint density at radius 3 is 2.67 bits per heavy atom. The van der Waals surface area contributed by atoms with Crippen molar-refractivity contribution in [1.82, 2.24) is 0 Å². The summed E-state index contributed by atoms with van der Waals surface area (Å²) in [5.74, 6) is 0.174. The van der Waals surface area contributed by atoms with Crippen molar-refractivity contribution >= 4 is 15.5 Å². The molecule has 0 fully saturated rings. The topological polar surface area (TPSA) is 63.4 Å². The second kappa shape index (κ2) is 4.55. The number of anilines is 1. The van der Waals surface area contributed by atoms with E-state index in [9.17, 15) is 8.42 Å². The highest BCUT2D eigenvalue weighted by Gasteiger charge is 2.31. The molecule has 100 valence electrons. The summed E-state index contributed by atoms with van der Waals surface area (Å²) in [5, 5.41) is 0. The smallest absolute Gasteiger partial charge is 0.182 e. The fourth-order valence-electron chi connectivity index (χ4n) is 2.53. The summed E-state index contributed by atoms with van der Waals surface area (Å²) in [4.78, 5) is 2.58. The van der Waals surface area contributed by atoms with Gasteiger partial charge in [0.05, 0.1) is 16.3 Å². The number of hydrogen-bond donors (Lipinski definition) is 1. The maximum Gasteiger partial charge on any atom is 0.182 e. The van der Waals surface area contributed by atoms with Crippen LogP contribution in [0, 0.1) is 13.8 Å². The second-order valence-corrected chi connectivity index (χ2v) is 7.10. The van der Waals surface area contributed by atoms with Gasteiger partial charge >= 0.3 is 0 Å². The average Bonchev–Trinajstić information content (AvgIpc) is 2.29. The third kappa shape index (κ3) is 2.12. The van der Waals surface area contributed by atoms with Crippen LogP contribution in [-0.4, -0.2) is 33.3 Å². The minimum Gasteiger partial charge on any atom is -0.365 e. The van der Waals surface area contributed by atoms with E-state index in [4.69, 9.17) is 5.73 Å². The van der Waals surface area contributed by atoms with Crippen LogP contribution < -0.4 is 10.6 Å². The van der Waals surface area contributed by atoms with Gasteiger partial charge in [0.25, 0.3) is 0 Å². The van der Waals surface area contributed by atoms with Crippen LogP contribution in [0.4, 0.5) is 5.69 Å². The Kier molecular flexibility index (Phi) is 3.38. The van der Waals surface area contributed by atoms with Crippen LogP contribution in [0.3, 0.4) is 0 Å². The standard InChI is InChI=1S/C13H20N2O2S/c1-9-6-10(2)13-12(7-9)18(16,17)5-4-15(13)11(3)8-14/h6-7,11H,4-5,8,14H2,1-3H3. The highest BCUT2D eigenvalue weighted by atomic mass is 32.2. The molecule has 18 heavy (non-hydrogen) atoms. The molecule has 0 aliphatic carbocycles. The largest absolute Gasteiger partial charge is 0.365 e. The molecule has 1 aromatic carbocycles. The van der Waals surface area contributed by atoms with Crippen LogP contribution in [0.15, 0.2) is 17.0 Å². The molecule has 0 saturated heterocycles. The summed E-state index contributed by atoms with van der Waals surface area (Å²) in [6, 6.07) is 3.95. The zero-order valence-corrected chi connectivity index (χ0v) is 11.9. The first kappa shape index (κ1) is 13.4. The summed E-state index contributed by atoms with van der Waals surface area (Å²) in [6.07, 6.45) is 0. The Hall–Kier alpha value is -1.07. The third-order valence-electron chi connectivity index (χ3n) is 3.51. The van der Waals surface area contributed by atoms with Gasteiger partial charge in [-0.2, -0.15) is 0 Å². The Morgan fingerprint density at radius 1 is 1.39 bits per heavy atom. The molecule has 2 rings (SSSR count). The van der Waals surface area contributed by atoms with Gasteiger partial charge in [0.1, 0.15) is 0 Å². The van der Waals surface area contributed by atoms with E-state index in [2.05, 4.69) is 4.90 Å². The van der Waals surface area contributed by atoms with E-state index in [1.165, 1.54) is 0 Å². The molecule has 1 aromatic rings. The molecular weight excluding hydrogens is 248 g/mol. The minimum absolute atomic E-state index is 0.153. The van der Waals surface area contributed by atoms with Crippen LogP contribution in [0.25, 0.3) is 0 Å². The van der Waals surface area contributed by atoms with Crippen LogP contribution in [0.1, 0.15) is 18.1 Å². The van der Waals surface area contributed by atoms with Crippen molar-refractivity contribution in [3.63, 3.8) is 0 Å². The molecule has 4 nitrogen and oxygen atoms in total. The van der Waals surface area contributed by atoms with Gasteiger partial charge in [-0.15, -0.1) is 0 Å². The van der Waals surface area contributed by atoms with E-state index in [1.54, 1.807) is 6.07 Å². The fraction of sp³-hybridized carbons (Fsp3) is 0.538. The second-order valence-electron chi connectivity index (χ2n) is 5.03. The number of nitrogens with two attached hydrogens (primary N) is 1. The van der Waals surface area contributed by atoms with Crippen molar-refractivity contribution in [1.29, 1.82) is 0 Å². The maximum atomic E-state index is 12.2. The van der Waals surface area contributed by atoms with Gasteiger partial charge in [-0.3, -0.25) is 0 Å². The molecule has 1 atom stereocenters. The SMILES string of the molecule is Cc1cc(C)c2c(c1)S(=O)(=O)CCN2C(C)CN. The summed E-state index contributed by atoms with van der Waals surface area (Å²) >= 11 is 0. The van der Waals surface area contributed by atoms with E-state index >= 15 is 0 Å². The van der Waals surface area contributed by atoms with Gasteiger partial charge in [0, 0.05) is 19.1 Å². The summed E-state index contributed by atoms with van der Waals surface area (Å²) in [7, 11) is -3.14. The molecule has 0 amide bonds. The van der Waals surface area contributed by atoms with E-state index in [0.717, 1.165) is 16.8 Å². The Labute approximate surface area is 109 Å². The minimum atomic E-state index is -3.14. The number of rotatable bonds is 2. The van der Waals surface area contributed by atoms with Crippen molar-refractivity contribution in [2.24, 2.45) is 5.73 Å². The van der Waals surface area contributed by atoms with Crippen LogP contribution in [-0.2, 0) is 9.84 Å². The highest BCUT2D eigenvalue weighted by Crippen LogP contribution is 2.35. The fourth-order valence-corrected chi connectivity index (χ4v) is 4.13. The third-order valence-corrected chi connectivity index (χ3v) is 5.21. The normalized spacial score (nSPS) is 19.4. The van der Waals surface area contributed by atoms with E-state index in [-0.39, 0.29) is 11.8 Å². The lowest BCUT2D eigenvalue weighted by atomic mass is 10.1. The highest BCUT2D eigenvalue weighted by molar-refractivity contribution is 7.91. The number of aryl methyl sites for hydroxylation is 2. The molecule has 1 aliphatic rings. The van der Waals surface area contributed by atoms with Gasteiger partial charge in [-0.1, -0.05) is 6.07 Å². The Morgan fingerprint density at radius 2 is 2.06 bits per heavy atom. The van der Waals surface area contributed by atoms with Gasteiger partial charge in [0.15, 0.2) is 9.84 Å².